The van der Waals surface area contributed by atoms with Gasteiger partial charge in [-0.05, 0) is 38.3 Å². The second kappa shape index (κ2) is 8.89. The summed E-state index contributed by atoms with van der Waals surface area (Å²) in [5.74, 6) is 2.17. The van der Waals surface area contributed by atoms with Crippen molar-refractivity contribution < 1.29 is 4.74 Å². The Hall–Kier alpha value is -1.28. The van der Waals surface area contributed by atoms with E-state index in [1.54, 1.807) is 0 Å². The highest BCUT2D eigenvalue weighted by Crippen LogP contribution is 2.24. The van der Waals surface area contributed by atoms with Gasteiger partial charge in [0.15, 0.2) is 0 Å². The third kappa shape index (κ3) is 6.81. The van der Waals surface area contributed by atoms with E-state index >= 15 is 0 Å². The molecule has 0 unspecified atom stereocenters. The van der Waals surface area contributed by atoms with Gasteiger partial charge >= 0.3 is 0 Å². The molecule has 21 heavy (non-hydrogen) atoms. The molecule has 0 spiro atoms. The summed E-state index contributed by atoms with van der Waals surface area (Å²) in [5.41, 5.74) is 2.58. The van der Waals surface area contributed by atoms with Crippen LogP contribution in [0.3, 0.4) is 0 Å². The molecule has 0 aliphatic rings. The lowest BCUT2D eigenvalue weighted by Gasteiger charge is -2.16. The lowest BCUT2D eigenvalue weighted by molar-refractivity contribution is 0.242. The van der Waals surface area contributed by atoms with Crippen molar-refractivity contribution in [3.63, 3.8) is 0 Å². The summed E-state index contributed by atoms with van der Waals surface area (Å²) in [6, 6.07) is 8.27. The zero-order valence-corrected chi connectivity index (χ0v) is 14.4. The van der Waals surface area contributed by atoms with Gasteiger partial charge in [-0.2, -0.15) is 0 Å². The second-order valence-electron chi connectivity index (χ2n) is 6.60. The smallest absolute Gasteiger partial charge is 0.126 e. The molecule has 2 nitrogen and oxygen atoms in total. The average Bonchev–Trinajstić information content (AvgIpc) is 2.38. The van der Waals surface area contributed by atoms with Crippen LogP contribution >= 0.6 is 0 Å². The molecule has 1 rings (SSSR count). The summed E-state index contributed by atoms with van der Waals surface area (Å²) in [6.45, 7) is 15.1. The monoisotopic (exact) mass is 289 g/mol. The van der Waals surface area contributed by atoms with Crippen molar-refractivity contribution in [1.29, 1.82) is 0 Å². The normalized spacial score (nSPS) is 12.5. The summed E-state index contributed by atoms with van der Waals surface area (Å²) >= 11 is 0. The first-order valence-electron chi connectivity index (χ1n) is 8.07. The molecule has 0 radical (unpaired) electrons. The van der Waals surface area contributed by atoms with Gasteiger partial charge in [-0.3, -0.25) is 0 Å². The number of rotatable bonds is 8. The molecule has 0 atom stereocenters. The maximum atomic E-state index is 5.90. The Morgan fingerprint density at radius 1 is 1.10 bits per heavy atom. The van der Waals surface area contributed by atoms with E-state index in [0.717, 1.165) is 18.8 Å². The minimum Gasteiger partial charge on any atom is -0.490 e. The van der Waals surface area contributed by atoms with Crippen molar-refractivity contribution in [2.75, 3.05) is 13.1 Å². The number of para-hydroxylation sites is 1. The molecule has 0 saturated carbocycles. The molecule has 0 bridgehead atoms. The molecule has 1 N–H and O–H groups in total. The summed E-state index contributed by atoms with van der Waals surface area (Å²) in [4.78, 5) is 0. The first kappa shape index (κ1) is 17.8. The Morgan fingerprint density at radius 3 is 2.33 bits per heavy atom. The average molecular weight is 289 g/mol. The van der Waals surface area contributed by atoms with Gasteiger partial charge in [0.2, 0.25) is 0 Å². The zero-order valence-electron chi connectivity index (χ0n) is 14.4. The fourth-order valence-electron chi connectivity index (χ4n) is 2.09. The fourth-order valence-corrected chi connectivity index (χ4v) is 2.09. The molecule has 0 amide bonds. The SMILES string of the molecule is CC(C)CNCC(=Cc1ccccc1OC(C)C)C(C)C. The quantitative estimate of drug-likeness (QED) is 0.745. The molecule has 1 aromatic carbocycles. The Morgan fingerprint density at radius 2 is 1.76 bits per heavy atom. The van der Waals surface area contributed by atoms with Crippen molar-refractivity contribution >= 4 is 6.08 Å². The summed E-state index contributed by atoms with van der Waals surface area (Å²) in [5, 5.41) is 3.54. The molecule has 0 heterocycles. The van der Waals surface area contributed by atoms with Gasteiger partial charge in [0.05, 0.1) is 6.10 Å². The van der Waals surface area contributed by atoms with E-state index in [1.807, 2.05) is 12.1 Å². The van der Waals surface area contributed by atoms with Crippen LogP contribution in [0.1, 0.15) is 47.1 Å². The Balaban J connectivity index is 2.89. The number of ether oxygens (including phenoxy) is 1. The Labute approximate surface area is 130 Å². The van der Waals surface area contributed by atoms with E-state index in [-0.39, 0.29) is 6.10 Å². The van der Waals surface area contributed by atoms with E-state index in [9.17, 15) is 0 Å². The van der Waals surface area contributed by atoms with E-state index in [2.05, 4.69) is 65.1 Å². The highest BCUT2D eigenvalue weighted by Gasteiger charge is 2.08. The van der Waals surface area contributed by atoms with Crippen LogP contribution in [-0.4, -0.2) is 19.2 Å². The summed E-state index contributed by atoms with van der Waals surface area (Å²) in [6.07, 6.45) is 2.47. The van der Waals surface area contributed by atoms with E-state index < -0.39 is 0 Å². The van der Waals surface area contributed by atoms with Crippen molar-refractivity contribution in [3.8, 4) is 5.75 Å². The predicted octanol–water partition coefficient (Wildman–Crippen LogP) is 4.76. The van der Waals surface area contributed by atoms with Crippen molar-refractivity contribution in [2.24, 2.45) is 11.8 Å². The van der Waals surface area contributed by atoms with Crippen LogP contribution in [0.25, 0.3) is 6.08 Å². The molecule has 0 fully saturated rings. The number of hydrogen-bond donors (Lipinski definition) is 1. The molecular formula is C19H31NO. The Bertz CT molecular complexity index is 447. The maximum Gasteiger partial charge on any atom is 0.126 e. The maximum absolute atomic E-state index is 5.90. The van der Waals surface area contributed by atoms with Gasteiger partial charge in [0.25, 0.3) is 0 Å². The predicted molar refractivity (Wildman–Crippen MR) is 92.7 cm³/mol. The van der Waals surface area contributed by atoms with Gasteiger partial charge in [-0.25, -0.2) is 0 Å². The van der Waals surface area contributed by atoms with Crippen LogP contribution in [0.5, 0.6) is 5.75 Å². The van der Waals surface area contributed by atoms with Gasteiger partial charge in [-0.15, -0.1) is 0 Å². The highest BCUT2D eigenvalue weighted by molar-refractivity contribution is 5.60. The third-order valence-corrected chi connectivity index (χ3v) is 3.25. The molecule has 2 heteroatoms. The molecule has 0 aliphatic heterocycles. The second-order valence-corrected chi connectivity index (χ2v) is 6.60. The minimum atomic E-state index is 0.195. The molecule has 0 aliphatic carbocycles. The lowest BCUT2D eigenvalue weighted by Crippen LogP contribution is -2.23. The zero-order chi connectivity index (χ0) is 15.8. The topological polar surface area (TPSA) is 21.3 Å². The molecule has 0 aromatic heterocycles. The van der Waals surface area contributed by atoms with Gasteiger partial charge in [0.1, 0.15) is 5.75 Å². The van der Waals surface area contributed by atoms with Crippen molar-refractivity contribution in [1.82, 2.24) is 5.32 Å². The van der Waals surface area contributed by atoms with E-state index in [1.165, 1.54) is 11.1 Å². The Kier molecular flexibility index (Phi) is 7.52. The summed E-state index contributed by atoms with van der Waals surface area (Å²) < 4.78 is 5.90. The molecule has 1 aromatic rings. The third-order valence-electron chi connectivity index (χ3n) is 3.25. The molecular weight excluding hydrogens is 258 g/mol. The van der Waals surface area contributed by atoms with Crippen LogP contribution in [-0.2, 0) is 0 Å². The van der Waals surface area contributed by atoms with Crippen LogP contribution in [0.4, 0.5) is 0 Å². The van der Waals surface area contributed by atoms with E-state index in [0.29, 0.717) is 11.8 Å². The number of benzene rings is 1. The fraction of sp³-hybridized carbons (Fsp3) is 0.579. The minimum absolute atomic E-state index is 0.195. The van der Waals surface area contributed by atoms with Crippen molar-refractivity contribution in [2.45, 2.75) is 47.6 Å². The van der Waals surface area contributed by atoms with Crippen LogP contribution in [0, 0.1) is 11.8 Å². The molecule has 0 saturated heterocycles. The first-order valence-corrected chi connectivity index (χ1v) is 8.07. The van der Waals surface area contributed by atoms with Crippen LogP contribution < -0.4 is 10.1 Å². The number of hydrogen-bond acceptors (Lipinski definition) is 2. The molecule has 118 valence electrons. The van der Waals surface area contributed by atoms with E-state index in [4.69, 9.17) is 4.74 Å². The van der Waals surface area contributed by atoms with Crippen LogP contribution in [0.2, 0.25) is 0 Å². The van der Waals surface area contributed by atoms with Crippen LogP contribution in [0.15, 0.2) is 29.8 Å². The van der Waals surface area contributed by atoms with Gasteiger partial charge in [-0.1, -0.05) is 57.5 Å². The largest absolute Gasteiger partial charge is 0.490 e. The van der Waals surface area contributed by atoms with Gasteiger partial charge < -0.3 is 10.1 Å². The van der Waals surface area contributed by atoms with Crippen molar-refractivity contribution in [3.05, 3.63) is 35.4 Å². The standard InChI is InChI=1S/C19H31NO/c1-14(2)12-20-13-18(15(3)4)11-17-9-7-8-10-19(17)21-16(5)6/h7-11,14-16,20H,12-13H2,1-6H3. The first-order chi connectivity index (χ1) is 9.90. The summed E-state index contributed by atoms with van der Waals surface area (Å²) in [7, 11) is 0. The number of nitrogens with one attached hydrogen (secondary N) is 1. The highest BCUT2D eigenvalue weighted by atomic mass is 16.5. The van der Waals surface area contributed by atoms with Gasteiger partial charge in [0, 0.05) is 12.1 Å². The lowest BCUT2D eigenvalue weighted by atomic mass is 9.99.